The molecule has 0 saturated carbocycles. The quantitative estimate of drug-likeness (QED) is 0.868. The van der Waals surface area contributed by atoms with Crippen LogP contribution in [-0.2, 0) is 5.41 Å². The van der Waals surface area contributed by atoms with Crippen molar-refractivity contribution in [3.8, 4) is 11.6 Å². The van der Waals surface area contributed by atoms with Gasteiger partial charge in [0.1, 0.15) is 5.75 Å². The third kappa shape index (κ3) is 3.34. The minimum Gasteiger partial charge on any atom is -0.439 e. The highest BCUT2D eigenvalue weighted by Crippen LogP contribution is 2.25. The van der Waals surface area contributed by atoms with E-state index in [4.69, 9.17) is 10.5 Å². The van der Waals surface area contributed by atoms with Gasteiger partial charge < -0.3 is 10.5 Å². The van der Waals surface area contributed by atoms with Crippen LogP contribution < -0.4 is 16.0 Å². The van der Waals surface area contributed by atoms with Crippen LogP contribution in [0.5, 0.6) is 11.6 Å². The molecule has 1 aromatic carbocycles. The molecule has 1 heterocycles. The SMILES string of the molecule is CC(C)(C)c1ccc(Oc2cc(=O)[nH]c(N)n2)cc1. The number of hydrogen-bond acceptors (Lipinski definition) is 4. The summed E-state index contributed by atoms with van der Waals surface area (Å²) in [6, 6.07) is 8.94. The van der Waals surface area contributed by atoms with Gasteiger partial charge in [0.15, 0.2) is 0 Å². The molecule has 0 spiro atoms. The molecule has 0 aliphatic rings. The summed E-state index contributed by atoms with van der Waals surface area (Å²) in [7, 11) is 0. The Bertz CT molecular complexity index is 624. The monoisotopic (exact) mass is 259 g/mol. The average Bonchev–Trinajstić information content (AvgIpc) is 2.26. The van der Waals surface area contributed by atoms with E-state index in [1.165, 1.54) is 11.6 Å². The Morgan fingerprint density at radius 2 is 1.84 bits per heavy atom. The lowest BCUT2D eigenvalue weighted by molar-refractivity contribution is 0.461. The predicted molar refractivity (Wildman–Crippen MR) is 74.5 cm³/mol. The van der Waals surface area contributed by atoms with E-state index < -0.39 is 0 Å². The van der Waals surface area contributed by atoms with Crippen LogP contribution in [0.2, 0.25) is 0 Å². The Balaban J connectivity index is 2.22. The third-order valence-corrected chi connectivity index (χ3v) is 2.68. The molecule has 0 radical (unpaired) electrons. The van der Waals surface area contributed by atoms with E-state index in [1.807, 2.05) is 24.3 Å². The van der Waals surface area contributed by atoms with Gasteiger partial charge in [-0.1, -0.05) is 32.9 Å². The molecule has 5 heteroatoms. The molecule has 0 unspecified atom stereocenters. The van der Waals surface area contributed by atoms with E-state index in [-0.39, 0.29) is 22.8 Å². The number of nitrogens with two attached hydrogens (primary N) is 1. The van der Waals surface area contributed by atoms with E-state index >= 15 is 0 Å². The first-order valence-electron chi connectivity index (χ1n) is 6.00. The number of benzene rings is 1. The normalized spacial score (nSPS) is 11.3. The summed E-state index contributed by atoms with van der Waals surface area (Å²) in [6.07, 6.45) is 0. The Labute approximate surface area is 111 Å². The van der Waals surface area contributed by atoms with Crippen LogP contribution in [0, 0.1) is 0 Å². The van der Waals surface area contributed by atoms with Gasteiger partial charge in [-0.15, -0.1) is 0 Å². The first kappa shape index (κ1) is 13.1. The number of rotatable bonds is 2. The highest BCUT2D eigenvalue weighted by molar-refractivity contribution is 5.34. The summed E-state index contributed by atoms with van der Waals surface area (Å²) >= 11 is 0. The molecule has 2 aromatic rings. The van der Waals surface area contributed by atoms with E-state index in [0.717, 1.165) is 0 Å². The maximum atomic E-state index is 11.2. The molecule has 0 bridgehead atoms. The molecule has 19 heavy (non-hydrogen) atoms. The van der Waals surface area contributed by atoms with Crippen LogP contribution in [0.3, 0.4) is 0 Å². The molecule has 0 aliphatic heterocycles. The number of ether oxygens (including phenoxy) is 1. The molecule has 0 fully saturated rings. The van der Waals surface area contributed by atoms with E-state index in [0.29, 0.717) is 5.75 Å². The highest BCUT2D eigenvalue weighted by atomic mass is 16.5. The van der Waals surface area contributed by atoms with Crippen molar-refractivity contribution in [1.29, 1.82) is 0 Å². The van der Waals surface area contributed by atoms with Gasteiger partial charge in [0.05, 0.1) is 6.07 Å². The molecular weight excluding hydrogens is 242 g/mol. The van der Waals surface area contributed by atoms with Gasteiger partial charge in [-0.05, 0) is 23.1 Å². The number of nitrogen functional groups attached to an aromatic ring is 1. The summed E-state index contributed by atoms with van der Waals surface area (Å²) in [6.45, 7) is 6.42. The van der Waals surface area contributed by atoms with Gasteiger partial charge in [-0.2, -0.15) is 4.98 Å². The fourth-order valence-corrected chi connectivity index (χ4v) is 1.65. The largest absolute Gasteiger partial charge is 0.439 e. The topological polar surface area (TPSA) is 81.0 Å². The summed E-state index contributed by atoms with van der Waals surface area (Å²) in [5, 5.41) is 0. The molecule has 1 aromatic heterocycles. The average molecular weight is 259 g/mol. The number of aromatic amines is 1. The van der Waals surface area contributed by atoms with Crippen molar-refractivity contribution in [2.45, 2.75) is 26.2 Å². The van der Waals surface area contributed by atoms with Crippen LogP contribution in [0.15, 0.2) is 35.1 Å². The second-order valence-corrected chi connectivity index (χ2v) is 5.35. The lowest BCUT2D eigenvalue weighted by Gasteiger charge is -2.19. The third-order valence-electron chi connectivity index (χ3n) is 2.68. The molecule has 3 N–H and O–H groups in total. The van der Waals surface area contributed by atoms with E-state index in [9.17, 15) is 4.79 Å². The molecule has 0 saturated heterocycles. The number of nitrogens with one attached hydrogen (secondary N) is 1. The molecule has 100 valence electrons. The maximum absolute atomic E-state index is 11.2. The molecule has 0 atom stereocenters. The van der Waals surface area contributed by atoms with Crippen molar-refractivity contribution >= 4 is 5.95 Å². The number of H-pyrrole nitrogens is 1. The Hall–Kier alpha value is -2.30. The first-order valence-corrected chi connectivity index (χ1v) is 6.00. The van der Waals surface area contributed by atoms with Crippen LogP contribution in [0.25, 0.3) is 0 Å². The molecule has 2 rings (SSSR count). The fraction of sp³-hybridized carbons (Fsp3) is 0.286. The smallest absolute Gasteiger partial charge is 0.256 e. The minimum atomic E-state index is -0.339. The Morgan fingerprint density at radius 3 is 2.37 bits per heavy atom. The summed E-state index contributed by atoms with van der Waals surface area (Å²) in [4.78, 5) is 17.5. The van der Waals surface area contributed by atoms with Crippen molar-refractivity contribution in [3.05, 3.63) is 46.2 Å². The number of nitrogens with zero attached hydrogens (tertiary/aromatic N) is 1. The second kappa shape index (κ2) is 4.76. The number of anilines is 1. The highest BCUT2D eigenvalue weighted by Gasteiger charge is 2.13. The minimum absolute atomic E-state index is 0.0359. The van der Waals surface area contributed by atoms with Crippen molar-refractivity contribution in [2.24, 2.45) is 0 Å². The van der Waals surface area contributed by atoms with Crippen molar-refractivity contribution in [3.63, 3.8) is 0 Å². The number of aromatic nitrogens is 2. The molecule has 0 aliphatic carbocycles. The predicted octanol–water partition coefficient (Wildman–Crippen LogP) is 2.44. The Kier molecular flexibility index (Phi) is 3.29. The zero-order valence-corrected chi connectivity index (χ0v) is 11.2. The summed E-state index contributed by atoms with van der Waals surface area (Å²) in [5.74, 6) is 0.837. The lowest BCUT2D eigenvalue weighted by Crippen LogP contribution is -2.11. The number of hydrogen-bond donors (Lipinski definition) is 2. The van der Waals surface area contributed by atoms with Crippen LogP contribution >= 0.6 is 0 Å². The van der Waals surface area contributed by atoms with Crippen LogP contribution in [0.4, 0.5) is 5.95 Å². The van der Waals surface area contributed by atoms with Crippen molar-refractivity contribution in [2.75, 3.05) is 5.73 Å². The fourth-order valence-electron chi connectivity index (χ4n) is 1.65. The van der Waals surface area contributed by atoms with Crippen molar-refractivity contribution < 1.29 is 4.74 Å². The van der Waals surface area contributed by atoms with E-state index in [2.05, 4.69) is 30.7 Å². The Morgan fingerprint density at radius 1 is 1.21 bits per heavy atom. The van der Waals surface area contributed by atoms with Gasteiger partial charge in [0.25, 0.3) is 5.56 Å². The van der Waals surface area contributed by atoms with Crippen LogP contribution in [0.1, 0.15) is 26.3 Å². The summed E-state index contributed by atoms with van der Waals surface area (Å²) < 4.78 is 5.50. The molecule has 5 nitrogen and oxygen atoms in total. The van der Waals surface area contributed by atoms with Gasteiger partial charge >= 0.3 is 0 Å². The lowest BCUT2D eigenvalue weighted by atomic mass is 9.87. The van der Waals surface area contributed by atoms with Gasteiger partial charge in [0.2, 0.25) is 11.8 Å². The maximum Gasteiger partial charge on any atom is 0.256 e. The standard InChI is InChI=1S/C14H17N3O2/c1-14(2,3)9-4-6-10(7-5-9)19-12-8-11(18)16-13(15)17-12/h4-8H,1-3H3,(H3,15,16,17,18). The summed E-state index contributed by atoms with van der Waals surface area (Å²) in [5.41, 5.74) is 6.40. The molecular formula is C14H17N3O2. The van der Waals surface area contributed by atoms with Crippen molar-refractivity contribution in [1.82, 2.24) is 9.97 Å². The molecule has 0 amide bonds. The first-order chi connectivity index (χ1) is 8.84. The second-order valence-electron chi connectivity index (χ2n) is 5.35. The van der Waals surface area contributed by atoms with Gasteiger partial charge in [-0.25, -0.2) is 0 Å². The van der Waals surface area contributed by atoms with E-state index in [1.54, 1.807) is 0 Å². The zero-order chi connectivity index (χ0) is 14.0. The van der Waals surface area contributed by atoms with Crippen LogP contribution in [-0.4, -0.2) is 9.97 Å². The van der Waals surface area contributed by atoms with Gasteiger partial charge in [0, 0.05) is 0 Å². The zero-order valence-electron chi connectivity index (χ0n) is 11.2. The van der Waals surface area contributed by atoms with Gasteiger partial charge in [-0.3, -0.25) is 9.78 Å².